The number of benzene rings is 1. The van der Waals surface area contributed by atoms with Crippen molar-refractivity contribution in [2.24, 2.45) is 0 Å². The Balaban J connectivity index is 2.52. The Morgan fingerprint density at radius 3 is 1.89 bits per heavy atom. The molecule has 1 aromatic carbocycles. The fourth-order valence-corrected chi connectivity index (χ4v) is 1.76. The maximum atomic E-state index is 5.94. The third kappa shape index (κ3) is 5.28. The normalized spacial score (nSPS) is 10.4. The summed E-state index contributed by atoms with van der Waals surface area (Å²) in [5, 5.41) is 0. The van der Waals surface area contributed by atoms with Gasteiger partial charge in [0.1, 0.15) is 11.5 Å². The molecule has 0 aliphatic rings. The van der Waals surface area contributed by atoms with Gasteiger partial charge in [0.05, 0.1) is 24.6 Å². The summed E-state index contributed by atoms with van der Waals surface area (Å²) in [7, 11) is 0. The van der Waals surface area contributed by atoms with Crippen LogP contribution < -0.4 is 20.9 Å². The van der Waals surface area contributed by atoms with Gasteiger partial charge in [0, 0.05) is 12.1 Å². The molecule has 108 valence electrons. The van der Waals surface area contributed by atoms with Crippen LogP contribution in [-0.4, -0.2) is 13.2 Å². The number of ether oxygens (including phenoxy) is 2. The second kappa shape index (κ2) is 8.51. The maximum Gasteiger partial charge on any atom is 0.144 e. The van der Waals surface area contributed by atoms with Crippen LogP contribution in [0.25, 0.3) is 0 Å². The summed E-state index contributed by atoms with van der Waals surface area (Å²) < 4.78 is 11.2. The predicted octanol–water partition coefficient (Wildman–Crippen LogP) is 3.60. The number of hydrogen-bond donors (Lipinski definition) is 2. The molecule has 0 atom stereocenters. The Kier molecular flexibility index (Phi) is 6.93. The predicted molar refractivity (Wildman–Crippen MR) is 80.7 cm³/mol. The fraction of sp³-hybridized carbons (Fsp3) is 0.600. The summed E-state index contributed by atoms with van der Waals surface area (Å²) in [5.41, 5.74) is 13.0. The molecule has 0 spiro atoms. The maximum absolute atomic E-state index is 5.94. The zero-order valence-corrected chi connectivity index (χ0v) is 12.1. The van der Waals surface area contributed by atoms with E-state index in [-0.39, 0.29) is 0 Å². The van der Waals surface area contributed by atoms with E-state index in [1.807, 2.05) is 6.92 Å². The summed E-state index contributed by atoms with van der Waals surface area (Å²) in [6, 6.07) is 3.49. The van der Waals surface area contributed by atoms with E-state index in [2.05, 4.69) is 6.92 Å². The average molecular weight is 266 g/mol. The van der Waals surface area contributed by atoms with Crippen molar-refractivity contribution >= 4 is 11.4 Å². The first-order chi connectivity index (χ1) is 9.19. The Morgan fingerprint density at radius 2 is 1.37 bits per heavy atom. The molecule has 0 unspecified atom stereocenters. The van der Waals surface area contributed by atoms with Gasteiger partial charge in [-0.1, -0.05) is 33.1 Å². The highest BCUT2D eigenvalue weighted by Crippen LogP contribution is 2.33. The Hall–Kier alpha value is -1.58. The highest BCUT2D eigenvalue weighted by atomic mass is 16.5. The van der Waals surface area contributed by atoms with E-state index < -0.39 is 0 Å². The number of anilines is 2. The number of nitrogen functional groups attached to an aromatic ring is 2. The van der Waals surface area contributed by atoms with Crippen LogP contribution in [0, 0.1) is 0 Å². The van der Waals surface area contributed by atoms with E-state index in [1.54, 1.807) is 12.1 Å². The molecular weight excluding hydrogens is 240 g/mol. The van der Waals surface area contributed by atoms with Gasteiger partial charge in [0.2, 0.25) is 0 Å². The monoisotopic (exact) mass is 266 g/mol. The minimum absolute atomic E-state index is 0.575. The van der Waals surface area contributed by atoms with Gasteiger partial charge >= 0.3 is 0 Å². The van der Waals surface area contributed by atoms with Crippen LogP contribution in [0.4, 0.5) is 11.4 Å². The number of hydrogen-bond acceptors (Lipinski definition) is 4. The van der Waals surface area contributed by atoms with Crippen molar-refractivity contribution in [3.63, 3.8) is 0 Å². The Bertz CT molecular complexity index is 381. The minimum atomic E-state index is 0.575. The van der Waals surface area contributed by atoms with E-state index in [0.29, 0.717) is 36.1 Å². The van der Waals surface area contributed by atoms with Gasteiger partial charge in [0.25, 0.3) is 0 Å². The lowest BCUT2D eigenvalue weighted by molar-refractivity contribution is 0.303. The van der Waals surface area contributed by atoms with E-state index in [1.165, 1.54) is 19.3 Å². The van der Waals surface area contributed by atoms with Crippen LogP contribution in [0.3, 0.4) is 0 Å². The molecule has 0 aromatic heterocycles. The van der Waals surface area contributed by atoms with Gasteiger partial charge in [-0.05, 0) is 12.8 Å². The largest absolute Gasteiger partial charge is 0.491 e. The quantitative estimate of drug-likeness (QED) is 0.529. The number of nitrogens with two attached hydrogens (primary N) is 2. The lowest BCUT2D eigenvalue weighted by Gasteiger charge is -2.13. The molecule has 0 fully saturated rings. The van der Waals surface area contributed by atoms with Crippen LogP contribution in [0.15, 0.2) is 12.1 Å². The summed E-state index contributed by atoms with van der Waals surface area (Å²) in [5.74, 6) is 1.29. The molecule has 0 radical (unpaired) electrons. The Labute approximate surface area is 116 Å². The van der Waals surface area contributed by atoms with E-state index in [4.69, 9.17) is 20.9 Å². The first kappa shape index (κ1) is 15.5. The third-order valence-electron chi connectivity index (χ3n) is 2.86. The lowest BCUT2D eigenvalue weighted by atomic mass is 10.2. The van der Waals surface area contributed by atoms with Gasteiger partial charge in [-0.15, -0.1) is 0 Å². The molecule has 4 nitrogen and oxygen atoms in total. The van der Waals surface area contributed by atoms with Crippen molar-refractivity contribution < 1.29 is 9.47 Å². The van der Waals surface area contributed by atoms with E-state index in [9.17, 15) is 0 Å². The summed E-state index contributed by atoms with van der Waals surface area (Å²) in [6.07, 6.45) is 5.63. The summed E-state index contributed by atoms with van der Waals surface area (Å²) >= 11 is 0. The van der Waals surface area contributed by atoms with E-state index >= 15 is 0 Å². The molecule has 0 saturated heterocycles. The molecular formula is C15H26N2O2. The van der Waals surface area contributed by atoms with Crippen LogP contribution >= 0.6 is 0 Å². The Morgan fingerprint density at radius 1 is 0.789 bits per heavy atom. The van der Waals surface area contributed by atoms with Gasteiger partial charge in [0.15, 0.2) is 0 Å². The van der Waals surface area contributed by atoms with Crippen molar-refractivity contribution in [3.8, 4) is 11.5 Å². The molecule has 0 amide bonds. The number of rotatable bonds is 9. The molecule has 0 heterocycles. The SMILES string of the molecule is CCCCCCOc1cc(N)c(OCCC)cc1N. The van der Waals surface area contributed by atoms with Crippen molar-refractivity contribution in [1.29, 1.82) is 0 Å². The molecule has 19 heavy (non-hydrogen) atoms. The van der Waals surface area contributed by atoms with Crippen molar-refractivity contribution in [2.45, 2.75) is 46.0 Å². The minimum Gasteiger partial charge on any atom is -0.491 e. The van der Waals surface area contributed by atoms with E-state index in [0.717, 1.165) is 12.8 Å². The van der Waals surface area contributed by atoms with Crippen LogP contribution in [0.5, 0.6) is 11.5 Å². The molecule has 1 rings (SSSR count). The second-order valence-electron chi connectivity index (χ2n) is 4.69. The number of unbranched alkanes of at least 4 members (excludes halogenated alkanes) is 3. The highest BCUT2D eigenvalue weighted by Gasteiger charge is 2.07. The molecule has 0 aliphatic heterocycles. The summed E-state index contributed by atoms with van der Waals surface area (Å²) in [6.45, 7) is 5.56. The van der Waals surface area contributed by atoms with Gasteiger partial charge < -0.3 is 20.9 Å². The van der Waals surface area contributed by atoms with Gasteiger partial charge in [-0.2, -0.15) is 0 Å². The van der Waals surface area contributed by atoms with Crippen molar-refractivity contribution in [3.05, 3.63) is 12.1 Å². The molecule has 1 aromatic rings. The molecule has 0 aliphatic carbocycles. The van der Waals surface area contributed by atoms with Crippen LogP contribution in [-0.2, 0) is 0 Å². The summed E-state index contributed by atoms with van der Waals surface area (Å²) in [4.78, 5) is 0. The standard InChI is InChI=1S/C15H26N2O2/c1-3-5-6-7-9-19-15-11-12(16)14(10-13(15)17)18-8-4-2/h10-11H,3-9,16-17H2,1-2H3. The van der Waals surface area contributed by atoms with Crippen molar-refractivity contribution in [2.75, 3.05) is 24.7 Å². The second-order valence-corrected chi connectivity index (χ2v) is 4.69. The third-order valence-corrected chi connectivity index (χ3v) is 2.86. The lowest BCUT2D eigenvalue weighted by Crippen LogP contribution is -2.04. The van der Waals surface area contributed by atoms with Gasteiger partial charge in [-0.3, -0.25) is 0 Å². The average Bonchev–Trinajstić information content (AvgIpc) is 2.40. The van der Waals surface area contributed by atoms with Gasteiger partial charge in [-0.25, -0.2) is 0 Å². The first-order valence-corrected chi connectivity index (χ1v) is 7.13. The molecule has 4 N–H and O–H groups in total. The van der Waals surface area contributed by atoms with Crippen LogP contribution in [0.1, 0.15) is 46.0 Å². The zero-order chi connectivity index (χ0) is 14.1. The van der Waals surface area contributed by atoms with Crippen LogP contribution in [0.2, 0.25) is 0 Å². The topological polar surface area (TPSA) is 70.5 Å². The fourth-order valence-electron chi connectivity index (χ4n) is 1.76. The zero-order valence-electron chi connectivity index (χ0n) is 12.1. The highest BCUT2D eigenvalue weighted by molar-refractivity contribution is 5.67. The molecule has 0 bridgehead atoms. The smallest absolute Gasteiger partial charge is 0.144 e. The van der Waals surface area contributed by atoms with Crippen molar-refractivity contribution in [1.82, 2.24) is 0 Å². The first-order valence-electron chi connectivity index (χ1n) is 7.13. The molecule has 0 saturated carbocycles. The molecule has 4 heteroatoms.